The fourth-order valence-corrected chi connectivity index (χ4v) is 6.89. The highest BCUT2D eigenvalue weighted by molar-refractivity contribution is 5.91. The van der Waals surface area contributed by atoms with Gasteiger partial charge in [-0.15, -0.1) is 0 Å². The number of hydrogen-bond acceptors (Lipinski definition) is 2. The fraction of sp³-hybridized carbons (Fsp3) is 0.450. The van der Waals surface area contributed by atoms with E-state index in [-0.39, 0.29) is 21.7 Å². The molecule has 0 aromatic heterocycles. The van der Waals surface area contributed by atoms with E-state index in [4.69, 9.17) is 0 Å². The van der Waals surface area contributed by atoms with Crippen molar-refractivity contribution >= 4 is 17.1 Å². The second kappa shape index (κ2) is 10.5. The van der Waals surface area contributed by atoms with Gasteiger partial charge in [0.1, 0.15) is 0 Å². The van der Waals surface area contributed by atoms with Gasteiger partial charge in [0, 0.05) is 33.7 Å². The summed E-state index contributed by atoms with van der Waals surface area (Å²) >= 11 is 0. The van der Waals surface area contributed by atoms with Gasteiger partial charge in [-0.2, -0.15) is 0 Å². The maximum Gasteiger partial charge on any atom is 0.0467 e. The van der Waals surface area contributed by atoms with E-state index in [9.17, 15) is 0 Å². The first kappa shape index (κ1) is 30.2. The zero-order chi connectivity index (χ0) is 30.7. The third-order valence-corrected chi connectivity index (χ3v) is 10.0. The Morgan fingerprint density at radius 2 is 1.40 bits per heavy atom. The Balaban J connectivity index is 1.44. The molecule has 2 aliphatic carbocycles. The van der Waals surface area contributed by atoms with Crippen LogP contribution in [0.2, 0.25) is 0 Å². The molecule has 0 saturated carbocycles. The van der Waals surface area contributed by atoms with Gasteiger partial charge in [0.25, 0.3) is 0 Å². The molecule has 2 heteroatoms. The van der Waals surface area contributed by atoms with Crippen LogP contribution >= 0.6 is 0 Å². The summed E-state index contributed by atoms with van der Waals surface area (Å²) in [6, 6.07) is 22.5. The normalized spacial score (nSPS) is 19.6. The second-order valence-corrected chi connectivity index (χ2v) is 15.9. The van der Waals surface area contributed by atoms with Crippen LogP contribution in [-0.2, 0) is 10.8 Å². The summed E-state index contributed by atoms with van der Waals surface area (Å²) in [4.78, 5) is 0. The monoisotopic (exact) mass is 560 g/mol. The van der Waals surface area contributed by atoms with Crippen LogP contribution in [0.25, 0.3) is 11.1 Å². The first-order valence-corrected chi connectivity index (χ1v) is 15.9. The molecule has 2 nitrogen and oxygen atoms in total. The minimum Gasteiger partial charge on any atom is -0.356 e. The molecule has 2 aliphatic rings. The van der Waals surface area contributed by atoms with Crippen molar-refractivity contribution in [1.82, 2.24) is 0 Å². The van der Waals surface area contributed by atoms with Crippen molar-refractivity contribution in [3.63, 3.8) is 0 Å². The lowest BCUT2D eigenvalue weighted by Gasteiger charge is -2.44. The molecule has 2 atom stereocenters. The van der Waals surface area contributed by atoms with Crippen LogP contribution in [0.5, 0.6) is 0 Å². The van der Waals surface area contributed by atoms with E-state index in [0.717, 1.165) is 23.5 Å². The van der Waals surface area contributed by atoms with Crippen LogP contribution in [0.15, 0.2) is 84.6 Å². The van der Waals surface area contributed by atoms with Gasteiger partial charge in [-0.05, 0) is 80.7 Å². The number of anilines is 3. The Morgan fingerprint density at radius 3 is 2.05 bits per heavy atom. The van der Waals surface area contributed by atoms with Crippen LogP contribution < -0.4 is 10.6 Å². The molecule has 0 aliphatic heterocycles. The number of benzene rings is 3. The number of allylic oxidation sites excluding steroid dienone is 3. The van der Waals surface area contributed by atoms with E-state index in [2.05, 4.69) is 166 Å². The molecule has 3 aromatic rings. The number of hydrogen-bond donors (Lipinski definition) is 2. The molecule has 2 N–H and O–H groups in total. The summed E-state index contributed by atoms with van der Waals surface area (Å²) < 4.78 is 0. The van der Waals surface area contributed by atoms with Gasteiger partial charge in [0.2, 0.25) is 0 Å². The zero-order valence-electron chi connectivity index (χ0n) is 27.9. The van der Waals surface area contributed by atoms with E-state index in [1.165, 1.54) is 33.5 Å². The molecule has 0 amide bonds. The molecule has 3 aromatic carbocycles. The van der Waals surface area contributed by atoms with Crippen molar-refractivity contribution in [3.8, 4) is 11.1 Å². The van der Waals surface area contributed by atoms with E-state index < -0.39 is 0 Å². The highest BCUT2D eigenvalue weighted by Crippen LogP contribution is 2.53. The van der Waals surface area contributed by atoms with Crippen molar-refractivity contribution in [2.75, 3.05) is 10.6 Å². The van der Waals surface area contributed by atoms with Crippen LogP contribution in [-0.4, -0.2) is 0 Å². The van der Waals surface area contributed by atoms with Crippen LogP contribution in [0, 0.1) is 22.7 Å². The number of rotatable bonds is 6. The lowest BCUT2D eigenvalue weighted by molar-refractivity contribution is 0.123. The predicted octanol–water partition coefficient (Wildman–Crippen LogP) is 11.6. The maximum absolute atomic E-state index is 3.80. The van der Waals surface area contributed by atoms with Crippen molar-refractivity contribution in [2.45, 2.75) is 93.4 Å². The van der Waals surface area contributed by atoms with E-state index in [1.54, 1.807) is 0 Å². The molecule has 0 spiro atoms. The second-order valence-electron chi connectivity index (χ2n) is 15.9. The largest absolute Gasteiger partial charge is 0.356 e. The molecule has 0 saturated heterocycles. The molecular formula is C40H52N2. The SMILES string of the molecule is CCC(C)(C)C1C=C(Nc2cccc(Nc3cccc4c3-c3ccc(C(C)(C)C)cc3C4(C)C)c2)C=CC1C(C)(C)C. The average molecular weight is 561 g/mol. The molecule has 5 rings (SSSR count). The Hall–Kier alpha value is -3.26. The fourth-order valence-electron chi connectivity index (χ4n) is 6.89. The summed E-state index contributed by atoms with van der Waals surface area (Å²) in [6.07, 6.45) is 8.35. The van der Waals surface area contributed by atoms with Crippen LogP contribution in [0.1, 0.15) is 99.3 Å². The van der Waals surface area contributed by atoms with Gasteiger partial charge in [-0.1, -0.05) is 131 Å². The third kappa shape index (κ3) is 5.58. The predicted molar refractivity (Wildman–Crippen MR) is 184 cm³/mol. The average Bonchev–Trinajstić information content (AvgIpc) is 3.15. The topological polar surface area (TPSA) is 24.1 Å². The Kier molecular flexibility index (Phi) is 7.53. The van der Waals surface area contributed by atoms with Gasteiger partial charge >= 0.3 is 0 Å². The quantitative estimate of drug-likeness (QED) is 0.313. The molecule has 0 bridgehead atoms. The van der Waals surface area contributed by atoms with E-state index in [0.29, 0.717) is 11.8 Å². The highest BCUT2D eigenvalue weighted by atomic mass is 14.9. The Labute approximate surface area is 255 Å². The van der Waals surface area contributed by atoms with E-state index >= 15 is 0 Å². The smallest absolute Gasteiger partial charge is 0.0467 e. The highest BCUT2D eigenvalue weighted by Gasteiger charge is 2.40. The van der Waals surface area contributed by atoms with Gasteiger partial charge < -0.3 is 10.6 Å². The molecule has 42 heavy (non-hydrogen) atoms. The van der Waals surface area contributed by atoms with Crippen molar-refractivity contribution in [3.05, 3.63) is 101 Å². The summed E-state index contributed by atoms with van der Waals surface area (Å²) in [5.41, 5.74) is 11.9. The summed E-state index contributed by atoms with van der Waals surface area (Å²) in [7, 11) is 0. The van der Waals surface area contributed by atoms with Crippen LogP contribution in [0.3, 0.4) is 0 Å². The minimum absolute atomic E-state index is 0.0411. The lowest BCUT2D eigenvalue weighted by atomic mass is 9.61. The molecule has 0 fully saturated rings. The van der Waals surface area contributed by atoms with E-state index in [1.807, 2.05) is 0 Å². The van der Waals surface area contributed by atoms with Crippen molar-refractivity contribution < 1.29 is 0 Å². The minimum atomic E-state index is -0.0411. The first-order valence-electron chi connectivity index (χ1n) is 15.9. The van der Waals surface area contributed by atoms with Gasteiger partial charge in [-0.25, -0.2) is 0 Å². The molecule has 2 unspecified atom stereocenters. The number of nitrogens with one attached hydrogen (secondary N) is 2. The Morgan fingerprint density at radius 1 is 0.738 bits per heavy atom. The standard InChI is InChI=1S/C40H52N2/c1-12-39(8,9)34-25-29(20-22-31(34)38(5,6)7)41-27-15-13-16-28(24-27)42-35-18-14-17-32-36(35)30-21-19-26(37(2,3)4)23-33(30)40(32,10)11/h13-25,31,34,41-42H,12H2,1-11H3. The summed E-state index contributed by atoms with van der Waals surface area (Å²) in [5.74, 6) is 0.989. The third-order valence-electron chi connectivity index (χ3n) is 10.0. The first-order chi connectivity index (χ1) is 19.5. The molecule has 0 radical (unpaired) electrons. The van der Waals surface area contributed by atoms with Gasteiger partial charge in [0.05, 0.1) is 0 Å². The van der Waals surface area contributed by atoms with Gasteiger partial charge in [0.15, 0.2) is 0 Å². The lowest BCUT2D eigenvalue weighted by Crippen LogP contribution is -2.36. The molecule has 0 heterocycles. The Bertz CT molecular complexity index is 1530. The number of fused-ring (bicyclic) bond motifs is 3. The van der Waals surface area contributed by atoms with Crippen molar-refractivity contribution in [2.24, 2.45) is 22.7 Å². The molecule has 222 valence electrons. The summed E-state index contributed by atoms with van der Waals surface area (Å²) in [5, 5.41) is 7.54. The maximum atomic E-state index is 3.80. The molecular weight excluding hydrogens is 508 g/mol. The van der Waals surface area contributed by atoms with Crippen LogP contribution in [0.4, 0.5) is 17.1 Å². The van der Waals surface area contributed by atoms with Gasteiger partial charge in [-0.3, -0.25) is 0 Å². The zero-order valence-corrected chi connectivity index (χ0v) is 27.9. The summed E-state index contributed by atoms with van der Waals surface area (Å²) in [6.45, 7) is 25.9. The van der Waals surface area contributed by atoms with Crippen molar-refractivity contribution in [1.29, 1.82) is 0 Å².